The van der Waals surface area contributed by atoms with Crippen molar-refractivity contribution in [1.82, 2.24) is 10.2 Å². The number of hydrogen-bond acceptors (Lipinski definition) is 6. The summed E-state index contributed by atoms with van der Waals surface area (Å²) in [5.74, 6) is 2.93. The Morgan fingerprint density at radius 1 is 1.00 bits per heavy atom. The summed E-state index contributed by atoms with van der Waals surface area (Å²) in [6, 6.07) is 13.6. The Bertz CT molecular complexity index is 821. The van der Waals surface area contributed by atoms with Crippen molar-refractivity contribution in [2.24, 2.45) is 0 Å². The van der Waals surface area contributed by atoms with Gasteiger partial charge in [0.05, 0.1) is 20.0 Å². The molecule has 0 aliphatic carbocycles. The van der Waals surface area contributed by atoms with Gasteiger partial charge in [-0.05, 0) is 42.5 Å². The number of methoxy groups -OCH3 is 2. The van der Waals surface area contributed by atoms with Gasteiger partial charge in [-0.15, -0.1) is 22.0 Å². The van der Waals surface area contributed by atoms with Gasteiger partial charge < -0.3 is 13.9 Å². The lowest BCUT2D eigenvalue weighted by atomic mass is 10.2. The molecule has 24 heavy (non-hydrogen) atoms. The molecule has 0 saturated carbocycles. The van der Waals surface area contributed by atoms with Crippen LogP contribution in [0.1, 0.15) is 5.89 Å². The van der Waals surface area contributed by atoms with Crippen LogP contribution in [0.15, 0.2) is 56.2 Å². The van der Waals surface area contributed by atoms with Crippen LogP contribution in [0.25, 0.3) is 11.5 Å². The maximum absolute atomic E-state index is 5.74. The van der Waals surface area contributed by atoms with Crippen LogP contribution in [0.2, 0.25) is 0 Å². The van der Waals surface area contributed by atoms with E-state index < -0.39 is 0 Å². The molecule has 0 aliphatic rings. The summed E-state index contributed by atoms with van der Waals surface area (Å²) < 4.78 is 17.3. The first-order valence-electron chi connectivity index (χ1n) is 7.12. The summed E-state index contributed by atoms with van der Waals surface area (Å²) in [6.07, 6.45) is 0. The summed E-state index contributed by atoms with van der Waals surface area (Å²) in [4.78, 5) is 1.14. The number of rotatable bonds is 6. The zero-order chi connectivity index (χ0) is 16.9. The van der Waals surface area contributed by atoms with Crippen LogP contribution >= 0.6 is 27.7 Å². The smallest absolute Gasteiger partial charge is 0.247 e. The largest absolute Gasteiger partial charge is 0.493 e. The molecule has 0 radical (unpaired) electrons. The average Bonchev–Trinajstić information content (AvgIpc) is 3.09. The Balaban J connectivity index is 1.72. The van der Waals surface area contributed by atoms with Gasteiger partial charge in [-0.25, -0.2) is 0 Å². The first-order valence-corrected chi connectivity index (χ1v) is 8.90. The van der Waals surface area contributed by atoms with Crippen LogP contribution in [0, 0.1) is 0 Å². The number of aromatic nitrogens is 2. The number of halogens is 1. The third-order valence-corrected chi connectivity index (χ3v) is 4.80. The Morgan fingerprint density at radius 3 is 2.46 bits per heavy atom. The molecule has 7 heteroatoms. The van der Waals surface area contributed by atoms with E-state index in [9.17, 15) is 0 Å². The molecule has 0 fully saturated rings. The van der Waals surface area contributed by atoms with Crippen molar-refractivity contribution in [2.45, 2.75) is 10.6 Å². The second kappa shape index (κ2) is 7.72. The van der Waals surface area contributed by atoms with Crippen LogP contribution in [0.5, 0.6) is 11.5 Å². The molecule has 3 aromatic rings. The predicted octanol–water partition coefficient (Wildman–Crippen LogP) is 4.81. The van der Waals surface area contributed by atoms with Crippen molar-refractivity contribution in [3.8, 4) is 23.0 Å². The lowest BCUT2D eigenvalue weighted by Gasteiger charge is -2.07. The minimum atomic E-state index is 0.461. The maximum Gasteiger partial charge on any atom is 0.247 e. The topological polar surface area (TPSA) is 57.4 Å². The molecule has 124 valence electrons. The van der Waals surface area contributed by atoms with Crippen molar-refractivity contribution in [3.05, 3.63) is 52.8 Å². The molecule has 3 rings (SSSR count). The summed E-state index contributed by atoms with van der Waals surface area (Å²) in [5.41, 5.74) is 0.792. The second-order valence-corrected chi connectivity index (χ2v) is 6.78. The van der Waals surface area contributed by atoms with E-state index in [0.717, 1.165) is 14.9 Å². The normalized spacial score (nSPS) is 10.6. The van der Waals surface area contributed by atoms with Gasteiger partial charge >= 0.3 is 0 Å². The SMILES string of the molecule is COc1ccc(-c2nnc(CSc3ccc(Br)cc3)o2)cc1OC. The van der Waals surface area contributed by atoms with Crippen LogP contribution < -0.4 is 9.47 Å². The monoisotopic (exact) mass is 406 g/mol. The van der Waals surface area contributed by atoms with Gasteiger partial charge in [0.15, 0.2) is 11.5 Å². The molecule has 0 unspecified atom stereocenters. The average molecular weight is 407 g/mol. The zero-order valence-corrected chi connectivity index (χ0v) is 15.6. The number of ether oxygens (including phenoxy) is 2. The van der Waals surface area contributed by atoms with Gasteiger partial charge in [0.2, 0.25) is 11.8 Å². The van der Waals surface area contributed by atoms with E-state index in [1.54, 1.807) is 26.0 Å². The van der Waals surface area contributed by atoms with E-state index in [4.69, 9.17) is 13.9 Å². The molecule has 0 spiro atoms. The van der Waals surface area contributed by atoms with E-state index in [1.165, 1.54) is 0 Å². The third-order valence-electron chi connectivity index (χ3n) is 3.27. The van der Waals surface area contributed by atoms with Crippen LogP contribution in [0.3, 0.4) is 0 Å². The Hall–Kier alpha value is -1.99. The highest BCUT2D eigenvalue weighted by molar-refractivity contribution is 9.10. The highest BCUT2D eigenvalue weighted by Crippen LogP contribution is 2.32. The molecule has 0 bridgehead atoms. The molecule has 0 N–H and O–H groups in total. The van der Waals surface area contributed by atoms with Gasteiger partial charge in [0.25, 0.3) is 0 Å². The molecular weight excluding hydrogens is 392 g/mol. The van der Waals surface area contributed by atoms with E-state index in [1.807, 2.05) is 42.5 Å². The molecular formula is C17H15BrN2O3S. The molecule has 2 aromatic carbocycles. The van der Waals surface area contributed by atoms with Gasteiger partial charge in [-0.1, -0.05) is 15.9 Å². The van der Waals surface area contributed by atoms with E-state index >= 15 is 0 Å². The molecule has 5 nitrogen and oxygen atoms in total. The van der Waals surface area contributed by atoms with Crippen molar-refractivity contribution in [1.29, 1.82) is 0 Å². The van der Waals surface area contributed by atoms with Gasteiger partial charge in [-0.3, -0.25) is 0 Å². The molecule has 0 atom stereocenters. The lowest BCUT2D eigenvalue weighted by Crippen LogP contribution is -1.90. The van der Waals surface area contributed by atoms with Crippen LogP contribution in [-0.2, 0) is 5.75 Å². The van der Waals surface area contributed by atoms with Crippen LogP contribution in [0.4, 0.5) is 0 Å². The molecule has 1 aromatic heterocycles. The number of thioether (sulfide) groups is 1. The fraction of sp³-hybridized carbons (Fsp3) is 0.176. The fourth-order valence-corrected chi connectivity index (χ4v) is 3.07. The quantitative estimate of drug-likeness (QED) is 0.547. The van der Waals surface area contributed by atoms with E-state index in [-0.39, 0.29) is 0 Å². The minimum absolute atomic E-state index is 0.461. The zero-order valence-electron chi connectivity index (χ0n) is 13.2. The first kappa shape index (κ1) is 16.9. The van der Waals surface area contributed by atoms with Crippen molar-refractivity contribution < 1.29 is 13.9 Å². The van der Waals surface area contributed by atoms with Gasteiger partial charge in [0, 0.05) is 14.9 Å². The first-order chi connectivity index (χ1) is 11.7. The Kier molecular flexibility index (Phi) is 5.42. The minimum Gasteiger partial charge on any atom is -0.493 e. The predicted molar refractivity (Wildman–Crippen MR) is 96.5 cm³/mol. The lowest BCUT2D eigenvalue weighted by molar-refractivity contribution is 0.355. The third kappa shape index (κ3) is 3.91. The Morgan fingerprint density at radius 2 is 1.75 bits per heavy atom. The highest BCUT2D eigenvalue weighted by atomic mass is 79.9. The highest BCUT2D eigenvalue weighted by Gasteiger charge is 2.12. The summed E-state index contributed by atoms with van der Waals surface area (Å²) >= 11 is 5.07. The molecule has 0 amide bonds. The van der Waals surface area contributed by atoms with Crippen molar-refractivity contribution in [3.63, 3.8) is 0 Å². The summed E-state index contributed by atoms with van der Waals surface area (Å²) in [6.45, 7) is 0. The van der Waals surface area contributed by atoms with E-state index in [0.29, 0.717) is 29.0 Å². The molecule has 1 heterocycles. The second-order valence-electron chi connectivity index (χ2n) is 4.81. The maximum atomic E-state index is 5.74. The number of benzene rings is 2. The van der Waals surface area contributed by atoms with E-state index in [2.05, 4.69) is 26.1 Å². The number of hydrogen-bond donors (Lipinski definition) is 0. The van der Waals surface area contributed by atoms with Gasteiger partial charge in [0.1, 0.15) is 0 Å². The fourth-order valence-electron chi connectivity index (χ4n) is 2.07. The number of nitrogens with zero attached hydrogens (tertiary/aromatic N) is 2. The van der Waals surface area contributed by atoms with Crippen molar-refractivity contribution in [2.75, 3.05) is 14.2 Å². The summed E-state index contributed by atoms with van der Waals surface area (Å²) in [5, 5.41) is 8.21. The van der Waals surface area contributed by atoms with Crippen LogP contribution in [-0.4, -0.2) is 24.4 Å². The van der Waals surface area contributed by atoms with Gasteiger partial charge in [-0.2, -0.15) is 0 Å². The Labute approximate surface area is 152 Å². The standard InChI is InChI=1S/C17H15BrN2O3S/c1-21-14-8-3-11(9-15(14)22-2)17-20-19-16(23-17)10-24-13-6-4-12(18)5-7-13/h3-9H,10H2,1-2H3. The molecule has 0 saturated heterocycles. The van der Waals surface area contributed by atoms with Crippen molar-refractivity contribution >= 4 is 27.7 Å². The summed E-state index contributed by atoms with van der Waals surface area (Å²) in [7, 11) is 3.19. The molecule has 0 aliphatic heterocycles.